The van der Waals surface area contributed by atoms with Gasteiger partial charge in [-0.1, -0.05) is 25.5 Å². The van der Waals surface area contributed by atoms with E-state index in [0.717, 1.165) is 44.4 Å². The molecule has 7 heteroatoms. The molecule has 1 unspecified atom stereocenters. The van der Waals surface area contributed by atoms with E-state index in [4.69, 9.17) is 12.2 Å². The van der Waals surface area contributed by atoms with Gasteiger partial charge < -0.3 is 15.6 Å². The van der Waals surface area contributed by atoms with Crippen molar-refractivity contribution in [1.29, 1.82) is 0 Å². The van der Waals surface area contributed by atoms with Crippen LogP contribution in [0.1, 0.15) is 38.7 Å². The molecule has 0 saturated carbocycles. The van der Waals surface area contributed by atoms with Gasteiger partial charge in [0.25, 0.3) is 0 Å². The first-order valence-corrected chi connectivity index (χ1v) is 13.3. The molecule has 0 radical (unpaired) electrons. The summed E-state index contributed by atoms with van der Waals surface area (Å²) in [6.07, 6.45) is 8.13. The van der Waals surface area contributed by atoms with Crippen LogP contribution in [-0.4, -0.2) is 34.1 Å². The standard InChI is InChI=1S/C25H28BrIN4S/c1-3-5-16(2)31-12-10-17(11-13-31)20-15-28-22-9-8-18(14-19(20)22)29-25(32)30-23-7-4-6-21(27)24(23)26/h4,6-10,14-16,28H,3,5,11-13H2,1-2H3,(H2,29,30,32). The fourth-order valence-corrected chi connectivity index (χ4v) is 5.37. The van der Waals surface area contributed by atoms with Gasteiger partial charge in [0.2, 0.25) is 0 Å². The van der Waals surface area contributed by atoms with Crippen molar-refractivity contribution in [1.82, 2.24) is 9.88 Å². The minimum Gasteiger partial charge on any atom is -0.361 e. The van der Waals surface area contributed by atoms with Crippen molar-refractivity contribution >= 4 is 83.7 Å². The van der Waals surface area contributed by atoms with Crippen LogP contribution in [0.5, 0.6) is 0 Å². The summed E-state index contributed by atoms with van der Waals surface area (Å²) in [5, 5.41) is 8.43. The van der Waals surface area contributed by atoms with E-state index in [1.54, 1.807) is 0 Å². The quantitative estimate of drug-likeness (QED) is 0.195. The predicted octanol–water partition coefficient (Wildman–Crippen LogP) is 7.62. The Labute approximate surface area is 217 Å². The maximum Gasteiger partial charge on any atom is 0.175 e. The molecule has 0 amide bonds. The van der Waals surface area contributed by atoms with Crippen molar-refractivity contribution in [3.8, 4) is 0 Å². The van der Waals surface area contributed by atoms with E-state index >= 15 is 0 Å². The van der Waals surface area contributed by atoms with Crippen LogP contribution in [0.3, 0.4) is 0 Å². The predicted molar refractivity (Wildman–Crippen MR) is 154 cm³/mol. The number of fused-ring (bicyclic) bond motifs is 1. The molecule has 1 aliphatic heterocycles. The molecule has 1 atom stereocenters. The smallest absolute Gasteiger partial charge is 0.175 e. The van der Waals surface area contributed by atoms with Crippen molar-refractivity contribution in [2.45, 2.75) is 39.2 Å². The normalized spacial score (nSPS) is 15.4. The van der Waals surface area contributed by atoms with E-state index in [1.165, 1.54) is 29.4 Å². The highest BCUT2D eigenvalue weighted by Gasteiger charge is 2.19. The molecule has 168 valence electrons. The van der Waals surface area contributed by atoms with Gasteiger partial charge >= 0.3 is 0 Å². The minimum atomic E-state index is 0.571. The number of halogens is 2. The second-order valence-electron chi connectivity index (χ2n) is 8.26. The molecule has 2 heterocycles. The van der Waals surface area contributed by atoms with Crippen LogP contribution >= 0.6 is 50.7 Å². The summed E-state index contributed by atoms with van der Waals surface area (Å²) >= 11 is 11.5. The SMILES string of the molecule is CCCC(C)N1CC=C(c2c[nH]c3ccc(NC(=S)Nc4cccc(I)c4Br)cc23)CC1. The Kier molecular flexibility index (Phi) is 7.91. The van der Waals surface area contributed by atoms with Crippen LogP contribution in [0, 0.1) is 3.57 Å². The molecule has 0 bridgehead atoms. The molecular formula is C25H28BrIN4S. The van der Waals surface area contributed by atoms with Gasteiger partial charge in [-0.05, 0) is 106 Å². The minimum absolute atomic E-state index is 0.571. The molecule has 0 saturated heterocycles. The monoisotopic (exact) mass is 622 g/mol. The number of aromatic nitrogens is 1. The Morgan fingerprint density at radius 2 is 2.12 bits per heavy atom. The zero-order chi connectivity index (χ0) is 22.7. The van der Waals surface area contributed by atoms with Crippen molar-refractivity contribution in [3.05, 3.63) is 62.3 Å². The lowest BCUT2D eigenvalue weighted by molar-refractivity contribution is 0.219. The zero-order valence-electron chi connectivity index (χ0n) is 18.3. The molecule has 3 aromatic rings. The van der Waals surface area contributed by atoms with Gasteiger partial charge in [-0.2, -0.15) is 0 Å². The average Bonchev–Trinajstić information content (AvgIpc) is 3.20. The summed E-state index contributed by atoms with van der Waals surface area (Å²) in [6, 6.07) is 13.1. The van der Waals surface area contributed by atoms with Gasteiger partial charge in [-0.3, -0.25) is 4.90 Å². The molecular weight excluding hydrogens is 595 g/mol. The number of H-pyrrole nitrogens is 1. The summed E-state index contributed by atoms with van der Waals surface area (Å²) in [6.45, 7) is 6.76. The lowest BCUT2D eigenvalue weighted by atomic mass is 9.97. The van der Waals surface area contributed by atoms with Crippen LogP contribution in [-0.2, 0) is 0 Å². The largest absolute Gasteiger partial charge is 0.361 e. The summed E-state index contributed by atoms with van der Waals surface area (Å²) < 4.78 is 2.15. The molecule has 2 aromatic carbocycles. The van der Waals surface area contributed by atoms with Gasteiger partial charge in [0.05, 0.1) is 10.2 Å². The highest BCUT2D eigenvalue weighted by Crippen LogP contribution is 2.32. The van der Waals surface area contributed by atoms with Crippen LogP contribution in [0.4, 0.5) is 11.4 Å². The zero-order valence-corrected chi connectivity index (χ0v) is 22.9. The van der Waals surface area contributed by atoms with Gasteiger partial charge in [0.15, 0.2) is 5.11 Å². The van der Waals surface area contributed by atoms with Crippen molar-refractivity contribution in [3.63, 3.8) is 0 Å². The number of anilines is 2. The number of hydrogen-bond acceptors (Lipinski definition) is 2. The van der Waals surface area contributed by atoms with Crippen LogP contribution in [0.25, 0.3) is 16.5 Å². The van der Waals surface area contributed by atoms with E-state index in [0.29, 0.717) is 11.2 Å². The van der Waals surface area contributed by atoms with E-state index in [9.17, 15) is 0 Å². The lowest BCUT2D eigenvalue weighted by Gasteiger charge is -2.31. The molecule has 4 nitrogen and oxygen atoms in total. The third-order valence-corrected chi connectivity index (χ3v) is 8.75. The number of nitrogens with zero attached hydrogens (tertiary/aromatic N) is 1. The van der Waals surface area contributed by atoms with Crippen molar-refractivity contribution in [2.24, 2.45) is 0 Å². The summed E-state index contributed by atoms with van der Waals surface area (Å²) in [4.78, 5) is 6.02. The van der Waals surface area contributed by atoms with Gasteiger partial charge in [-0.25, -0.2) is 0 Å². The highest BCUT2D eigenvalue weighted by atomic mass is 127. The Morgan fingerprint density at radius 3 is 2.88 bits per heavy atom. The molecule has 0 aliphatic carbocycles. The third kappa shape index (κ3) is 5.38. The van der Waals surface area contributed by atoms with E-state index in [-0.39, 0.29) is 0 Å². The van der Waals surface area contributed by atoms with E-state index in [1.807, 2.05) is 12.1 Å². The van der Waals surface area contributed by atoms with E-state index in [2.05, 4.69) is 109 Å². The van der Waals surface area contributed by atoms with Crippen molar-refractivity contribution in [2.75, 3.05) is 23.7 Å². The van der Waals surface area contributed by atoms with Crippen molar-refractivity contribution < 1.29 is 0 Å². The lowest BCUT2D eigenvalue weighted by Crippen LogP contribution is -2.36. The van der Waals surface area contributed by atoms with Gasteiger partial charge in [0, 0.05) is 51.1 Å². The molecule has 0 fully saturated rings. The molecule has 32 heavy (non-hydrogen) atoms. The molecule has 1 aromatic heterocycles. The first-order chi connectivity index (χ1) is 15.5. The molecule has 4 rings (SSSR count). The maximum absolute atomic E-state index is 5.57. The fourth-order valence-electron chi connectivity index (χ4n) is 4.28. The van der Waals surface area contributed by atoms with Gasteiger partial charge in [0.1, 0.15) is 0 Å². The number of benzene rings is 2. The Bertz CT molecular complexity index is 1160. The maximum atomic E-state index is 5.57. The number of thiocarbonyl (C=S) groups is 1. The summed E-state index contributed by atoms with van der Waals surface area (Å²) in [7, 11) is 0. The average molecular weight is 623 g/mol. The Morgan fingerprint density at radius 1 is 1.28 bits per heavy atom. The topological polar surface area (TPSA) is 43.1 Å². The van der Waals surface area contributed by atoms with Gasteiger partial charge in [-0.15, -0.1) is 0 Å². The Balaban J connectivity index is 1.49. The Hall–Kier alpha value is -1.42. The summed E-state index contributed by atoms with van der Waals surface area (Å²) in [5.41, 5.74) is 5.80. The first-order valence-electron chi connectivity index (χ1n) is 11.0. The van der Waals surface area contributed by atoms with Crippen LogP contribution < -0.4 is 10.6 Å². The molecule has 3 N–H and O–H groups in total. The van der Waals surface area contributed by atoms with Crippen LogP contribution in [0.15, 0.2) is 53.1 Å². The first kappa shape index (κ1) is 23.7. The third-order valence-electron chi connectivity index (χ3n) is 6.06. The highest BCUT2D eigenvalue weighted by molar-refractivity contribution is 14.1. The fraction of sp³-hybridized carbons (Fsp3) is 0.320. The second kappa shape index (κ2) is 10.7. The summed E-state index contributed by atoms with van der Waals surface area (Å²) in [5.74, 6) is 0. The van der Waals surface area contributed by atoms with E-state index < -0.39 is 0 Å². The number of hydrogen-bond donors (Lipinski definition) is 3. The second-order valence-corrected chi connectivity index (χ2v) is 10.6. The molecule has 0 spiro atoms. The number of nitrogens with one attached hydrogen (secondary N) is 3. The number of aromatic amines is 1. The van der Waals surface area contributed by atoms with Crippen LogP contribution in [0.2, 0.25) is 0 Å². The molecule has 1 aliphatic rings. The number of rotatable bonds is 6.